The fourth-order valence-corrected chi connectivity index (χ4v) is 0.662. The van der Waals surface area contributed by atoms with E-state index in [4.69, 9.17) is 10.8 Å². The number of thiol groups is 1. The van der Waals surface area contributed by atoms with Gasteiger partial charge in [-0.05, 0) is 0 Å². The monoisotopic (exact) mass is 176 g/mol. The van der Waals surface area contributed by atoms with Gasteiger partial charge in [-0.2, -0.15) is 12.6 Å². The summed E-state index contributed by atoms with van der Waals surface area (Å²) in [5.41, 5.74) is 5.86. The van der Waals surface area contributed by atoms with Crippen molar-refractivity contribution in [1.82, 2.24) is 5.32 Å². The standard InChI is InChI=1S/C6H12N2O2S/c1-4(5(7)3-11)8-6(10)2-9/h2,5-6,8,10-11H,1,3,7H2. The average molecular weight is 176 g/mol. The Morgan fingerprint density at radius 3 is 2.82 bits per heavy atom. The van der Waals surface area contributed by atoms with E-state index in [9.17, 15) is 4.79 Å². The number of aliphatic hydroxyl groups is 1. The van der Waals surface area contributed by atoms with E-state index in [0.717, 1.165) is 0 Å². The van der Waals surface area contributed by atoms with E-state index in [2.05, 4.69) is 24.5 Å². The maximum absolute atomic E-state index is 9.94. The van der Waals surface area contributed by atoms with Gasteiger partial charge in [0, 0.05) is 11.4 Å². The van der Waals surface area contributed by atoms with Crippen LogP contribution in [0.2, 0.25) is 0 Å². The molecular weight excluding hydrogens is 164 g/mol. The Labute approximate surface area is 70.9 Å². The molecule has 0 aliphatic heterocycles. The highest BCUT2D eigenvalue weighted by Crippen LogP contribution is 1.94. The molecule has 0 fully saturated rings. The van der Waals surface area contributed by atoms with Crippen LogP contribution in [0.1, 0.15) is 0 Å². The lowest BCUT2D eigenvalue weighted by Gasteiger charge is -2.15. The molecule has 0 heterocycles. The minimum Gasteiger partial charge on any atom is -0.367 e. The number of hydrogen-bond donors (Lipinski definition) is 4. The first-order valence-corrected chi connectivity index (χ1v) is 3.70. The van der Waals surface area contributed by atoms with Gasteiger partial charge in [0.1, 0.15) is 0 Å². The summed E-state index contributed by atoms with van der Waals surface area (Å²) in [4.78, 5) is 9.94. The lowest BCUT2D eigenvalue weighted by Crippen LogP contribution is -2.38. The molecule has 4 nitrogen and oxygen atoms in total. The van der Waals surface area contributed by atoms with Crippen molar-refractivity contribution in [3.8, 4) is 0 Å². The van der Waals surface area contributed by atoms with Crippen molar-refractivity contribution in [2.45, 2.75) is 12.3 Å². The van der Waals surface area contributed by atoms with Crippen LogP contribution in [0.25, 0.3) is 0 Å². The zero-order valence-electron chi connectivity index (χ0n) is 6.03. The highest BCUT2D eigenvalue weighted by Gasteiger charge is 2.07. The van der Waals surface area contributed by atoms with Crippen molar-refractivity contribution in [3.05, 3.63) is 12.3 Å². The Balaban J connectivity index is 3.76. The number of carbonyl (C=O) groups excluding carboxylic acids is 1. The number of rotatable bonds is 5. The van der Waals surface area contributed by atoms with Gasteiger partial charge in [0.05, 0.1) is 6.04 Å². The highest BCUT2D eigenvalue weighted by molar-refractivity contribution is 7.80. The second kappa shape index (κ2) is 5.17. The zero-order chi connectivity index (χ0) is 8.85. The van der Waals surface area contributed by atoms with Crippen molar-refractivity contribution in [2.75, 3.05) is 5.75 Å². The van der Waals surface area contributed by atoms with Crippen molar-refractivity contribution >= 4 is 18.9 Å². The molecule has 0 aromatic rings. The quantitative estimate of drug-likeness (QED) is 0.243. The summed E-state index contributed by atoms with van der Waals surface area (Å²) in [5.74, 6) is 0.414. The molecule has 2 unspecified atom stereocenters. The van der Waals surface area contributed by atoms with E-state index in [1.165, 1.54) is 0 Å². The largest absolute Gasteiger partial charge is 0.367 e. The molecule has 64 valence electrons. The average Bonchev–Trinajstić information content (AvgIpc) is 2.02. The maximum atomic E-state index is 9.94. The van der Waals surface area contributed by atoms with Gasteiger partial charge in [0.25, 0.3) is 0 Å². The first-order valence-electron chi connectivity index (χ1n) is 3.07. The van der Waals surface area contributed by atoms with Gasteiger partial charge in [0.2, 0.25) is 0 Å². The van der Waals surface area contributed by atoms with Crippen molar-refractivity contribution in [1.29, 1.82) is 0 Å². The SMILES string of the molecule is C=C(NC(O)C=O)C(N)CS. The zero-order valence-corrected chi connectivity index (χ0v) is 6.92. The molecule has 0 aromatic heterocycles. The first kappa shape index (κ1) is 10.5. The molecule has 0 spiro atoms. The van der Waals surface area contributed by atoms with Crippen molar-refractivity contribution in [3.63, 3.8) is 0 Å². The van der Waals surface area contributed by atoms with Gasteiger partial charge < -0.3 is 16.2 Å². The number of nitrogens with one attached hydrogen (secondary N) is 1. The molecule has 0 aliphatic carbocycles. The van der Waals surface area contributed by atoms with Crippen molar-refractivity contribution in [2.24, 2.45) is 5.73 Å². The second-order valence-corrected chi connectivity index (χ2v) is 2.40. The number of hydrogen-bond acceptors (Lipinski definition) is 5. The number of nitrogens with two attached hydrogens (primary N) is 1. The molecule has 11 heavy (non-hydrogen) atoms. The summed E-state index contributed by atoms with van der Waals surface area (Å²) in [7, 11) is 0. The van der Waals surface area contributed by atoms with Gasteiger partial charge >= 0.3 is 0 Å². The Bertz CT molecular complexity index is 152. The summed E-state index contributed by atoms with van der Waals surface area (Å²) < 4.78 is 0. The van der Waals surface area contributed by atoms with Crippen LogP contribution in [-0.2, 0) is 4.79 Å². The molecule has 0 saturated heterocycles. The molecule has 2 atom stereocenters. The lowest BCUT2D eigenvalue weighted by molar-refractivity contribution is -0.115. The molecule has 0 aliphatic rings. The van der Waals surface area contributed by atoms with Gasteiger partial charge in [-0.25, -0.2) is 0 Å². The van der Waals surface area contributed by atoms with Crippen LogP contribution in [0.15, 0.2) is 12.3 Å². The predicted molar refractivity (Wildman–Crippen MR) is 46.2 cm³/mol. The Morgan fingerprint density at radius 1 is 1.91 bits per heavy atom. The van der Waals surface area contributed by atoms with Gasteiger partial charge in [-0.3, -0.25) is 4.79 Å². The molecule has 0 rings (SSSR count). The predicted octanol–water partition coefficient (Wildman–Crippen LogP) is -1.14. The van der Waals surface area contributed by atoms with Crippen molar-refractivity contribution < 1.29 is 9.90 Å². The Kier molecular flexibility index (Phi) is 4.93. The highest BCUT2D eigenvalue weighted by atomic mass is 32.1. The molecule has 0 bridgehead atoms. The molecule has 0 amide bonds. The molecule has 5 heteroatoms. The third-order valence-corrected chi connectivity index (χ3v) is 1.50. The molecule has 0 radical (unpaired) electrons. The van der Waals surface area contributed by atoms with Gasteiger partial charge in [-0.1, -0.05) is 6.58 Å². The lowest BCUT2D eigenvalue weighted by atomic mass is 10.3. The topological polar surface area (TPSA) is 75.3 Å². The number of carbonyl (C=O) groups is 1. The van der Waals surface area contributed by atoms with E-state index in [0.29, 0.717) is 17.7 Å². The maximum Gasteiger partial charge on any atom is 0.181 e. The smallest absolute Gasteiger partial charge is 0.181 e. The van der Waals surface area contributed by atoms with Crippen LogP contribution >= 0.6 is 12.6 Å². The van der Waals surface area contributed by atoms with E-state index < -0.39 is 6.23 Å². The van der Waals surface area contributed by atoms with E-state index in [1.807, 2.05) is 0 Å². The fraction of sp³-hybridized carbons (Fsp3) is 0.500. The Morgan fingerprint density at radius 2 is 2.45 bits per heavy atom. The molecule has 0 saturated carbocycles. The van der Waals surface area contributed by atoms with E-state index in [-0.39, 0.29) is 6.04 Å². The second-order valence-electron chi connectivity index (χ2n) is 2.04. The molecular formula is C6H12N2O2S. The van der Waals surface area contributed by atoms with Crippen LogP contribution < -0.4 is 11.1 Å². The third-order valence-electron chi connectivity index (χ3n) is 1.11. The molecule has 4 N–H and O–H groups in total. The summed E-state index contributed by atoms with van der Waals surface area (Å²) >= 11 is 3.91. The summed E-state index contributed by atoms with van der Waals surface area (Å²) in [5, 5.41) is 11.2. The van der Waals surface area contributed by atoms with Crippen LogP contribution in [0.5, 0.6) is 0 Å². The minimum absolute atomic E-state index is 0.354. The Hall–Kier alpha value is -0.520. The van der Waals surface area contributed by atoms with Crippen LogP contribution in [0.3, 0.4) is 0 Å². The molecule has 0 aromatic carbocycles. The van der Waals surface area contributed by atoms with Gasteiger partial charge in [-0.15, -0.1) is 0 Å². The van der Waals surface area contributed by atoms with Crippen LogP contribution in [0.4, 0.5) is 0 Å². The fourth-order valence-electron chi connectivity index (χ4n) is 0.441. The summed E-state index contributed by atoms with van der Waals surface area (Å²) in [6, 6.07) is -0.354. The summed E-state index contributed by atoms with van der Waals surface area (Å²) in [6.45, 7) is 3.51. The normalized spacial score (nSPS) is 15.2. The minimum atomic E-state index is -1.23. The third kappa shape index (κ3) is 4.02. The van der Waals surface area contributed by atoms with Crippen LogP contribution in [-0.4, -0.2) is 29.4 Å². The van der Waals surface area contributed by atoms with Gasteiger partial charge in [0.15, 0.2) is 12.5 Å². The first-order chi connectivity index (χ1) is 5.11. The summed E-state index contributed by atoms with van der Waals surface area (Å²) in [6.07, 6.45) is -0.871. The number of aliphatic hydroxyl groups excluding tert-OH is 1. The van der Waals surface area contributed by atoms with E-state index >= 15 is 0 Å². The van der Waals surface area contributed by atoms with Crippen LogP contribution in [0, 0.1) is 0 Å². The number of aldehydes is 1. The van der Waals surface area contributed by atoms with E-state index in [1.54, 1.807) is 0 Å².